The maximum absolute atomic E-state index is 13.8. The molecule has 204 valence electrons. The van der Waals surface area contributed by atoms with Gasteiger partial charge in [-0.1, -0.05) is 18.2 Å². The van der Waals surface area contributed by atoms with E-state index in [1.165, 1.54) is 0 Å². The molecule has 6 rings (SSSR count). The molecule has 0 bridgehead atoms. The SMILES string of the molecule is O=C1NCC[C@H]1C[C@H](NC(=O)[C@@H]1CC2(CCN1C(=O)c1cc3ccccc3[nH]1)CC2)C(O)C(O)NC1CC1. The third-order valence-corrected chi connectivity index (χ3v) is 8.92. The minimum Gasteiger partial charge on any atom is -0.387 e. The zero-order chi connectivity index (χ0) is 26.4. The Morgan fingerprint density at radius 1 is 1.13 bits per heavy atom. The normalized spacial score (nSPS) is 26.7. The summed E-state index contributed by atoms with van der Waals surface area (Å²) in [5.41, 5.74) is 1.40. The third kappa shape index (κ3) is 5.17. The predicted molar refractivity (Wildman–Crippen MR) is 140 cm³/mol. The van der Waals surface area contributed by atoms with Gasteiger partial charge in [0.15, 0.2) is 0 Å². The van der Waals surface area contributed by atoms with Crippen LogP contribution >= 0.6 is 0 Å². The summed E-state index contributed by atoms with van der Waals surface area (Å²) in [4.78, 5) is 44.6. The fourth-order valence-corrected chi connectivity index (χ4v) is 6.14. The number of nitrogens with zero attached hydrogens (tertiary/aromatic N) is 1. The van der Waals surface area contributed by atoms with Crippen molar-refractivity contribution in [2.24, 2.45) is 11.3 Å². The zero-order valence-corrected chi connectivity index (χ0v) is 21.5. The summed E-state index contributed by atoms with van der Waals surface area (Å²) in [6, 6.07) is 8.13. The average molecular weight is 524 g/mol. The molecule has 1 spiro atoms. The van der Waals surface area contributed by atoms with Gasteiger partial charge in [0, 0.05) is 36.0 Å². The van der Waals surface area contributed by atoms with Gasteiger partial charge in [0.1, 0.15) is 24.1 Å². The first-order valence-corrected chi connectivity index (χ1v) is 13.9. The van der Waals surface area contributed by atoms with Crippen molar-refractivity contribution in [1.82, 2.24) is 25.8 Å². The first kappa shape index (κ1) is 25.3. The molecule has 2 saturated heterocycles. The molecule has 10 nitrogen and oxygen atoms in total. The van der Waals surface area contributed by atoms with E-state index in [9.17, 15) is 24.6 Å². The summed E-state index contributed by atoms with van der Waals surface area (Å²) >= 11 is 0. The van der Waals surface area contributed by atoms with Crippen molar-refractivity contribution in [3.05, 3.63) is 36.0 Å². The number of likely N-dealkylation sites (tertiary alicyclic amines) is 1. The van der Waals surface area contributed by atoms with Crippen LogP contribution in [0.15, 0.2) is 30.3 Å². The minimum atomic E-state index is -1.29. The van der Waals surface area contributed by atoms with Crippen LogP contribution in [0.25, 0.3) is 10.9 Å². The molecule has 6 N–H and O–H groups in total. The van der Waals surface area contributed by atoms with Crippen LogP contribution in [0.2, 0.25) is 0 Å². The number of aromatic amines is 1. The number of amides is 3. The van der Waals surface area contributed by atoms with Crippen molar-refractivity contribution >= 4 is 28.6 Å². The summed E-state index contributed by atoms with van der Waals surface area (Å²) in [7, 11) is 0. The van der Waals surface area contributed by atoms with Gasteiger partial charge in [0.2, 0.25) is 11.8 Å². The van der Waals surface area contributed by atoms with Crippen LogP contribution in [-0.4, -0.2) is 81.4 Å². The van der Waals surface area contributed by atoms with Gasteiger partial charge in [0.05, 0.1) is 6.04 Å². The van der Waals surface area contributed by atoms with Crippen LogP contribution in [0.1, 0.15) is 61.9 Å². The number of hydrogen-bond donors (Lipinski definition) is 6. The Morgan fingerprint density at radius 2 is 1.92 bits per heavy atom. The van der Waals surface area contributed by atoms with E-state index in [0.717, 1.165) is 43.0 Å². The van der Waals surface area contributed by atoms with E-state index in [1.54, 1.807) is 4.90 Å². The fraction of sp³-hybridized carbons (Fsp3) is 0.607. The van der Waals surface area contributed by atoms with E-state index in [2.05, 4.69) is 20.9 Å². The fourth-order valence-electron chi connectivity index (χ4n) is 6.14. The Labute approximate surface area is 221 Å². The predicted octanol–water partition coefficient (Wildman–Crippen LogP) is 0.995. The molecule has 1 aromatic carbocycles. The molecule has 4 fully saturated rings. The van der Waals surface area contributed by atoms with E-state index in [4.69, 9.17) is 0 Å². The lowest BCUT2D eigenvalue weighted by Crippen LogP contribution is -2.60. The number of aromatic nitrogens is 1. The molecule has 3 heterocycles. The number of carbonyl (C=O) groups excluding carboxylic acids is 3. The van der Waals surface area contributed by atoms with E-state index in [-0.39, 0.29) is 41.5 Å². The number of fused-ring (bicyclic) bond motifs is 1. The largest absolute Gasteiger partial charge is 0.387 e. The zero-order valence-electron chi connectivity index (χ0n) is 21.5. The van der Waals surface area contributed by atoms with Crippen LogP contribution < -0.4 is 16.0 Å². The van der Waals surface area contributed by atoms with Crippen molar-refractivity contribution in [2.45, 2.75) is 81.8 Å². The summed E-state index contributed by atoms with van der Waals surface area (Å²) in [5.74, 6) is -1.03. The highest BCUT2D eigenvalue weighted by atomic mass is 16.3. The van der Waals surface area contributed by atoms with Crippen LogP contribution in [0.3, 0.4) is 0 Å². The van der Waals surface area contributed by atoms with Crippen LogP contribution in [0.4, 0.5) is 0 Å². The molecule has 1 aromatic heterocycles. The quantitative estimate of drug-likeness (QED) is 0.270. The lowest BCUT2D eigenvalue weighted by molar-refractivity contribution is -0.131. The molecule has 3 amide bonds. The number of rotatable bonds is 9. The van der Waals surface area contributed by atoms with Gasteiger partial charge in [0.25, 0.3) is 5.91 Å². The number of aliphatic hydroxyl groups is 2. The number of para-hydroxylation sites is 1. The number of benzene rings is 1. The Balaban J connectivity index is 1.22. The van der Waals surface area contributed by atoms with Crippen LogP contribution in [0, 0.1) is 11.3 Å². The van der Waals surface area contributed by atoms with Crippen molar-refractivity contribution in [2.75, 3.05) is 13.1 Å². The maximum atomic E-state index is 13.8. The molecule has 38 heavy (non-hydrogen) atoms. The van der Waals surface area contributed by atoms with E-state index in [1.807, 2.05) is 30.3 Å². The minimum absolute atomic E-state index is 0.0890. The highest BCUT2D eigenvalue weighted by Crippen LogP contribution is 2.55. The number of carbonyl (C=O) groups is 3. The molecule has 0 radical (unpaired) electrons. The molecular formula is C28H37N5O5. The molecule has 10 heteroatoms. The number of hydrogen-bond acceptors (Lipinski definition) is 6. The molecule has 2 aliphatic heterocycles. The molecule has 5 atom stereocenters. The van der Waals surface area contributed by atoms with Gasteiger partial charge in [-0.15, -0.1) is 0 Å². The molecule has 2 unspecified atom stereocenters. The van der Waals surface area contributed by atoms with E-state index < -0.39 is 24.4 Å². The van der Waals surface area contributed by atoms with Gasteiger partial charge < -0.3 is 30.7 Å². The highest BCUT2D eigenvalue weighted by molar-refractivity contribution is 6.00. The monoisotopic (exact) mass is 523 g/mol. The smallest absolute Gasteiger partial charge is 0.270 e. The molecular weight excluding hydrogens is 486 g/mol. The van der Waals surface area contributed by atoms with Crippen molar-refractivity contribution in [3.63, 3.8) is 0 Å². The molecule has 2 saturated carbocycles. The first-order chi connectivity index (χ1) is 18.3. The lowest BCUT2D eigenvalue weighted by Gasteiger charge is -2.40. The molecule has 4 aliphatic rings. The van der Waals surface area contributed by atoms with E-state index >= 15 is 0 Å². The number of aliphatic hydroxyl groups excluding tert-OH is 2. The Kier molecular flexibility index (Phi) is 6.65. The van der Waals surface area contributed by atoms with E-state index in [0.29, 0.717) is 31.6 Å². The van der Waals surface area contributed by atoms with Gasteiger partial charge in [-0.05, 0) is 68.9 Å². The van der Waals surface area contributed by atoms with Gasteiger partial charge in [-0.3, -0.25) is 19.7 Å². The summed E-state index contributed by atoms with van der Waals surface area (Å²) in [6.07, 6.45) is 3.71. The number of H-pyrrole nitrogens is 1. The van der Waals surface area contributed by atoms with Crippen molar-refractivity contribution < 1.29 is 24.6 Å². The van der Waals surface area contributed by atoms with Crippen LogP contribution in [0.5, 0.6) is 0 Å². The van der Waals surface area contributed by atoms with Gasteiger partial charge in [-0.25, -0.2) is 0 Å². The average Bonchev–Trinajstić information content (AvgIpc) is 3.80. The number of piperidine rings is 1. The maximum Gasteiger partial charge on any atom is 0.270 e. The summed E-state index contributed by atoms with van der Waals surface area (Å²) in [5, 5.41) is 31.4. The first-order valence-electron chi connectivity index (χ1n) is 13.9. The van der Waals surface area contributed by atoms with Crippen LogP contribution in [-0.2, 0) is 9.59 Å². The second-order valence-corrected chi connectivity index (χ2v) is 11.7. The molecule has 2 aliphatic carbocycles. The second-order valence-electron chi connectivity index (χ2n) is 11.7. The van der Waals surface area contributed by atoms with Gasteiger partial charge >= 0.3 is 0 Å². The second kappa shape index (κ2) is 9.98. The van der Waals surface area contributed by atoms with Crippen molar-refractivity contribution in [3.8, 4) is 0 Å². The number of nitrogens with one attached hydrogen (secondary N) is 4. The van der Waals surface area contributed by atoms with Gasteiger partial charge in [-0.2, -0.15) is 0 Å². The Morgan fingerprint density at radius 3 is 2.61 bits per heavy atom. The highest BCUT2D eigenvalue weighted by Gasteiger charge is 2.51. The third-order valence-electron chi connectivity index (χ3n) is 8.92. The summed E-state index contributed by atoms with van der Waals surface area (Å²) < 4.78 is 0. The Bertz CT molecular complexity index is 1190. The lowest BCUT2D eigenvalue weighted by atomic mass is 9.86. The summed E-state index contributed by atoms with van der Waals surface area (Å²) in [6.45, 7) is 1.04. The standard InChI is InChI=1S/C28H37N5O5/c34-23(26(37)30-18-5-6-18)20(14-17-7-11-29-24(17)35)32-25(36)22-15-28(8-9-28)10-12-33(22)27(38)21-13-16-3-1-2-4-19(16)31-21/h1-4,13,17-18,20,22-23,26,30-31,34,37H,5-12,14-15H2,(H,29,35)(H,32,36)/t17-,20-,22-,23?,26?/m0/s1. The Hall–Kier alpha value is -2.95. The topological polar surface area (TPSA) is 147 Å². The molecule has 2 aromatic rings. The van der Waals surface area contributed by atoms with Crippen molar-refractivity contribution in [1.29, 1.82) is 0 Å².